The third kappa shape index (κ3) is 4.00. The van der Waals surface area contributed by atoms with Crippen LogP contribution in [-0.4, -0.2) is 42.1 Å². The topological polar surface area (TPSA) is 66.4 Å². The molecule has 2 aromatic carbocycles. The lowest BCUT2D eigenvalue weighted by Crippen LogP contribution is -2.51. The van der Waals surface area contributed by atoms with E-state index in [1.807, 2.05) is 41.4 Å². The van der Waals surface area contributed by atoms with Gasteiger partial charge in [-0.15, -0.1) is 0 Å². The number of carbonyl (C=O) groups excluding carboxylic acids is 2. The molecule has 6 nitrogen and oxygen atoms in total. The average molecular weight is 451 g/mol. The predicted molar refractivity (Wildman–Crippen MR) is 127 cm³/mol. The Morgan fingerprint density at radius 1 is 1.09 bits per heavy atom. The number of hydrogen-bond donors (Lipinski definition) is 2. The van der Waals surface area contributed by atoms with E-state index in [1.165, 1.54) is 0 Å². The van der Waals surface area contributed by atoms with Crippen molar-refractivity contribution in [3.05, 3.63) is 65.3 Å². The van der Waals surface area contributed by atoms with Crippen LogP contribution >= 0.6 is 11.6 Å². The molecular formula is C25H27ClN4O2. The number of piperidine rings is 2. The second-order valence-electron chi connectivity index (χ2n) is 8.59. The number of anilines is 1. The molecule has 0 bridgehead atoms. The number of nitrogens with zero attached hydrogens (tertiary/aromatic N) is 2. The highest BCUT2D eigenvalue weighted by molar-refractivity contribution is 6.35. The Morgan fingerprint density at radius 2 is 1.91 bits per heavy atom. The average Bonchev–Trinajstić information content (AvgIpc) is 3.16. The minimum atomic E-state index is -0.109. The third-order valence-electron chi connectivity index (χ3n) is 6.58. The molecule has 2 aliphatic heterocycles. The molecule has 2 aliphatic rings. The molecule has 2 amide bonds. The summed E-state index contributed by atoms with van der Waals surface area (Å²) in [7, 11) is 0. The molecule has 166 valence electrons. The van der Waals surface area contributed by atoms with Crippen molar-refractivity contribution in [3.63, 3.8) is 0 Å². The first-order valence-electron chi connectivity index (χ1n) is 11.3. The van der Waals surface area contributed by atoms with Crippen LogP contribution in [0.2, 0.25) is 5.02 Å². The lowest BCUT2D eigenvalue weighted by Gasteiger charge is -2.34. The summed E-state index contributed by atoms with van der Waals surface area (Å²) in [6, 6.07) is 15.5. The second-order valence-corrected chi connectivity index (χ2v) is 9.00. The summed E-state index contributed by atoms with van der Waals surface area (Å²) in [6.45, 7) is 2.33. The van der Waals surface area contributed by atoms with Crippen molar-refractivity contribution in [2.24, 2.45) is 0 Å². The van der Waals surface area contributed by atoms with Crippen LogP contribution in [0.5, 0.6) is 0 Å². The van der Waals surface area contributed by atoms with Gasteiger partial charge in [0.2, 0.25) is 5.91 Å². The summed E-state index contributed by atoms with van der Waals surface area (Å²) >= 11 is 6.48. The molecule has 5 rings (SSSR count). The summed E-state index contributed by atoms with van der Waals surface area (Å²) in [5.74, 6) is 0.0463. The lowest BCUT2D eigenvalue weighted by molar-refractivity contribution is -0.119. The monoisotopic (exact) mass is 450 g/mol. The van der Waals surface area contributed by atoms with E-state index in [4.69, 9.17) is 11.6 Å². The number of rotatable bonds is 4. The van der Waals surface area contributed by atoms with Crippen molar-refractivity contribution < 1.29 is 9.59 Å². The Hall–Kier alpha value is -2.83. The number of benzene rings is 2. The van der Waals surface area contributed by atoms with E-state index >= 15 is 0 Å². The quantitative estimate of drug-likeness (QED) is 0.627. The molecule has 2 saturated heterocycles. The number of amides is 2. The van der Waals surface area contributed by atoms with Gasteiger partial charge in [-0.2, -0.15) is 0 Å². The molecule has 7 heteroatoms. The van der Waals surface area contributed by atoms with Gasteiger partial charge in [0.15, 0.2) is 0 Å². The van der Waals surface area contributed by atoms with E-state index in [0.717, 1.165) is 54.0 Å². The lowest BCUT2D eigenvalue weighted by atomic mass is 9.99. The van der Waals surface area contributed by atoms with Crippen LogP contribution in [0.4, 0.5) is 5.69 Å². The van der Waals surface area contributed by atoms with E-state index in [-0.39, 0.29) is 23.9 Å². The number of halogens is 1. The molecule has 0 radical (unpaired) electrons. The Balaban J connectivity index is 1.34. The van der Waals surface area contributed by atoms with Gasteiger partial charge in [-0.05, 0) is 56.1 Å². The third-order valence-corrected chi connectivity index (χ3v) is 6.88. The zero-order chi connectivity index (χ0) is 22.1. The van der Waals surface area contributed by atoms with E-state index in [9.17, 15) is 9.59 Å². The number of hydrogen-bond acceptors (Lipinski definition) is 3. The van der Waals surface area contributed by atoms with Crippen molar-refractivity contribution >= 4 is 40.0 Å². The molecule has 0 spiro atoms. The minimum absolute atomic E-state index is 0.0635. The van der Waals surface area contributed by atoms with Crippen LogP contribution in [0.3, 0.4) is 0 Å². The summed E-state index contributed by atoms with van der Waals surface area (Å²) in [6.07, 6.45) is 5.44. The van der Waals surface area contributed by atoms with Crippen molar-refractivity contribution in [1.82, 2.24) is 15.2 Å². The molecule has 3 aromatic rings. The van der Waals surface area contributed by atoms with Gasteiger partial charge in [-0.1, -0.05) is 29.8 Å². The van der Waals surface area contributed by atoms with Crippen LogP contribution in [0.25, 0.3) is 10.9 Å². The van der Waals surface area contributed by atoms with Gasteiger partial charge in [0.05, 0.1) is 17.1 Å². The highest BCUT2D eigenvalue weighted by Crippen LogP contribution is 2.31. The second kappa shape index (κ2) is 8.96. The SMILES string of the molecule is O=C(NC1CNCCC1n1cc(Cl)c2ccccc21)c1ccc(N2CCCCC2=O)cc1. The van der Waals surface area contributed by atoms with Gasteiger partial charge in [0.1, 0.15) is 0 Å². The zero-order valence-corrected chi connectivity index (χ0v) is 18.6. The predicted octanol–water partition coefficient (Wildman–Crippen LogP) is 4.14. The first-order valence-corrected chi connectivity index (χ1v) is 11.7. The van der Waals surface area contributed by atoms with Gasteiger partial charge in [-0.25, -0.2) is 0 Å². The molecule has 0 saturated carbocycles. The Morgan fingerprint density at radius 3 is 2.72 bits per heavy atom. The first kappa shape index (κ1) is 21.0. The normalized spacial score (nSPS) is 21.7. The number of nitrogens with one attached hydrogen (secondary N) is 2. The van der Waals surface area contributed by atoms with E-state index in [0.29, 0.717) is 18.5 Å². The maximum absolute atomic E-state index is 13.1. The van der Waals surface area contributed by atoms with Crippen molar-refractivity contribution in [2.45, 2.75) is 37.8 Å². The largest absolute Gasteiger partial charge is 0.346 e. The smallest absolute Gasteiger partial charge is 0.251 e. The number of fused-ring (bicyclic) bond motifs is 1. The highest BCUT2D eigenvalue weighted by Gasteiger charge is 2.29. The number of para-hydroxylation sites is 1. The fourth-order valence-electron chi connectivity index (χ4n) is 4.88. The van der Waals surface area contributed by atoms with Crippen LogP contribution in [-0.2, 0) is 4.79 Å². The molecule has 2 N–H and O–H groups in total. The molecule has 2 unspecified atom stereocenters. The fraction of sp³-hybridized carbons (Fsp3) is 0.360. The van der Waals surface area contributed by atoms with Crippen LogP contribution in [0, 0.1) is 0 Å². The van der Waals surface area contributed by atoms with E-state index < -0.39 is 0 Å². The Kier molecular flexibility index (Phi) is 5.89. The van der Waals surface area contributed by atoms with Crippen molar-refractivity contribution in [2.75, 3.05) is 24.5 Å². The van der Waals surface area contributed by atoms with Crippen LogP contribution in [0.15, 0.2) is 54.7 Å². The summed E-state index contributed by atoms with van der Waals surface area (Å²) in [4.78, 5) is 27.0. The fourth-order valence-corrected chi connectivity index (χ4v) is 5.15. The van der Waals surface area contributed by atoms with Gasteiger partial charge >= 0.3 is 0 Å². The Labute approximate surface area is 192 Å². The standard InChI is InChI=1S/C25H27ClN4O2/c26-20-16-30(22-6-2-1-5-19(20)22)23-12-13-27-15-21(23)28-25(32)17-8-10-18(11-9-17)29-14-4-3-7-24(29)31/h1-2,5-6,8-11,16,21,23,27H,3-4,7,12-15H2,(H,28,32). The zero-order valence-electron chi connectivity index (χ0n) is 17.9. The number of carbonyl (C=O) groups is 2. The minimum Gasteiger partial charge on any atom is -0.346 e. The van der Waals surface area contributed by atoms with E-state index in [1.54, 1.807) is 12.1 Å². The number of aromatic nitrogens is 1. The van der Waals surface area contributed by atoms with Gasteiger partial charge < -0.3 is 20.1 Å². The molecule has 2 fully saturated rings. The van der Waals surface area contributed by atoms with Crippen LogP contribution < -0.4 is 15.5 Å². The Bertz CT molecular complexity index is 1140. The summed E-state index contributed by atoms with van der Waals surface area (Å²) in [5, 5.41) is 8.37. The maximum atomic E-state index is 13.1. The molecule has 3 heterocycles. The van der Waals surface area contributed by atoms with Crippen LogP contribution in [0.1, 0.15) is 42.1 Å². The molecule has 2 atom stereocenters. The summed E-state index contributed by atoms with van der Waals surface area (Å²) < 4.78 is 2.20. The molecule has 1 aromatic heterocycles. The van der Waals surface area contributed by atoms with Gasteiger partial charge in [-0.3, -0.25) is 9.59 Å². The first-order chi connectivity index (χ1) is 15.6. The van der Waals surface area contributed by atoms with Gasteiger partial charge in [0.25, 0.3) is 5.91 Å². The van der Waals surface area contributed by atoms with Gasteiger partial charge in [0, 0.05) is 47.9 Å². The van der Waals surface area contributed by atoms with E-state index in [2.05, 4.69) is 21.3 Å². The molecular weight excluding hydrogens is 424 g/mol. The molecule has 0 aliphatic carbocycles. The molecule has 32 heavy (non-hydrogen) atoms. The summed E-state index contributed by atoms with van der Waals surface area (Å²) in [5.41, 5.74) is 2.54. The highest BCUT2D eigenvalue weighted by atomic mass is 35.5. The maximum Gasteiger partial charge on any atom is 0.251 e. The van der Waals surface area contributed by atoms with Crippen molar-refractivity contribution in [1.29, 1.82) is 0 Å². The van der Waals surface area contributed by atoms with Crippen molar-refractivity contribution in [3.8, 4) is 0 Å².